The lowest BCUT2D eigenvalue weighted by molar-refractivity contribution is 0.294. The molecule has 24 heavy (non-hydrogen) atoms. The van der Waals surface area contributed by atoms with Crippen LogP contribution in [-0.2, 0) is 6.42 Å². The number of allylic oxidation sites excluding steroid dienone is 2. The molecule has 0 spiro atoms. The van der Waals surface area contributed by atoms with E-state index in [4.69, 9.17) is 0 Å². The molecule has 0 bridgehead atoms. The van der Waals surface area contributed by atoms with Gasteiger partial charge >= 0.3 is 0 Å². The molecule has 1 aliphatic rings. The van der Waals surface area contributed by atoms with E-state index in [1.54, 1.807) is 6.07 Å². The number of aryl methyl sites for hydroxylation is 1. The summed E-state index contributed by atoms with van der Waals surface area (Å²) in [4.78, 5) is 0. The van der Waals surface area contributed by atoms with Crippen molar-refractivity contribution in [3.8, 4) is 11.8 Å². The third-order valence-corrected chi connectivity index (χ3v) is 5.10. The second-order valence-corrected chi connectivity index (χ2v) is 7.12. The van der Waals surface area contributed by atoms with Gasteiger partial charge in [-0.3, -0.25) is 0 Å². The quantitative estimate of drug-likeness (QED) is 0.511. The van der Waals surface area contributed by atoms with E-state index in [0.717, 1.165) is 30.7 Å². The van der Waals surface area contributed by atoms with Crippen molar-refractivity contribution in [1.29, 1.82) is 0 Å². The molecule has 0 atom stereocenters. The van der Waals surface area contributed by atoms with Crippen LogP contribution in [0.4, 0.5) is 4.39 Å². The maximum absolute atomic E-state index is 14.0. The molecule has 0 N–H and O–H groups in total. The van der Waals surface area contributed by atoms with Gasteiger partial charge in [0.15, 0.2) is 0 Å². The lowest BCUT2D eigenvalue weighted by atomic mass is 9.80. The second-order valence-electron chi connectivity index (χ2n) is 7.12. The Hall–Kier alpha value is -1.55. The monoisotopic (exact) mass is 326 g/mol. The molecule has 0 aliphatic heterocycles. The first-order chi connectivity index (χ1) is 11.7. The van der Waals surface area contributed by atoms with Gasteiger partial charge in [0.05, 0.1) is 5.56 Å². The third kappa shape index (κ3) is 6.16. The van der Waals surface area contributed by atoms with Crippen LogP contribution in [0.5, 0.6) is 0 Å². The fraction of sp³-hybridized carbons (Fsp3) is 0.565. The van der Waals surface area contributed by atoms with Gasteiger partial charge in [-0.05, 0) is 74.1 Å². The smallest absolute Gasteiger partial charge is 0.139 e. The molecule has 130 valence electrons. The van der Waals surface area contributed by atoms with Crippen LogP contribution in [0.1, 0.15) is 76.3 Å². The molecule has 0 heterocycles. The van der Waals surface area contributed by atoms with Crippen LogP contribution in [0.15, 0.2) is 30.4 Å². The van der Waals surface area contributed by atoms with Crippen LogP contribution < -0.4 is 0 Å². The number of unbranched alkanes of at least 4 members (excludes halogenated alkanes) is 1. The molecule has 1 saturated carbocycles. The Balaban J connectivity index is 1.84. The maximum atomic E-state index is 14.0. The minimum atomic E-state index is -0.190. The van der Waals surface area contributed by atoms with Gasteiger partial charge in [0.2, 0.25) is 0 Å². The van der Waals surface area contributed by atoms with Crippen molar-refractivity contribution in [3.05, 3.63) is 47.3 Å². The molecule has 1 aromatic carbocycles. The zero-order valence-electron chi connectivity index (χ0n) is 15.3. The van der Waals surface area contributed by atoms with Gasteiger partial charge in [0.25, 0.3) is 0 Å². The highest BCUT2D eigenvalue weighted by molar-refractivity contribution is 5.39. The van der Waals surface area contributed by atoms with Crippen LogP contribution in [0, 0.1) is 29.5 Å². The van der Waals surface area contributed by atoms with Crippen LogP contribution in [0.3, 0.4) is 0 Å². The predicted octanol–water partition coefficient (Wildman–Crippen LogP) is 6.68. The van der Waals surface area contributed by atoms with Gasteiger partial charge in [0.1, 0.15) is 5.82 Å². The first kappa shape index (κ1) is 18.8. The van der Waals surface area contributed by atoms with E-state index in [1.165, 1.54) is 38.5 Å². The molecule has 1 aliphatic carbocycles. The van der Waals surface area contributed by atoms with E-state index in [9.17, 15) is 4.39 Å². The summed E-state index contributed by atoms with van der Waals surface area (Å²) in [5, 5.41) is 0. The third-order valence-electron chi connectivity index (χ3n) is 5.10. The summed E-state index contributed by atoms with van der Waals surface area (Å²) in [6.45, 7) is 4.43. The number of hydrogen-bond donors (Lipinski definition) is 0. The van der Waals surface area contributed by atoms with Gasteiger partial charge in [0, 0.05) is 0 Å². The van der Waals surface area contributed by atoms with Crippen molar-refractivity contribution in [2.75, 3.05) is 0 Å². The summed E-state index contributed by atoms with van der Waals surface area (Å²) >= 11 is 0. The van der Waals surface area contributed by atoms with Gasteiger partial charge in [-0.15, -0.1) is 0 Å². The standard InChI is InChI=1S/C23H31F/c1-3-5-9-21-16-17-22(23(24)18-21)11-7-6-10-20-14-12-19(8-4-2)13-15-20/h6,10,16-20H,3-5,8-9,12-15H2,1-2H3. The van der Waals surface area contributed by atoms with Crippen molar-refractivity contribution in [2.24, 2.45) is 11.8 Å². The number of rotatable bonds is 6. The average molecular weight is 326 g/mol. The summed E-state index contributed by atoms with van der Waals surface area (Å²) in [5.41, 5.74) is 1.57. The highest BCUT2D eigenvalue weighted by atomic mass is 19.1. The Morgan fingerprint density at radius 1 is 1.12 bits per heavy atom. The molecule has 1 fully saturated rings. The Bertz CT molecular complexity index is 580. The fourth-order valence-corrected chi connectivity index (χ4v) is 3.58. The first-order valence-electron chi connectivity index (χ1n) is 9.69. The fourth-order valence-electron chi connectivity index (χ4n) is 3.58. The topological polar surface area (TPSA) is 0 Å². The minimum absolute atomic E-state index is 0.190. The Labute approximate surface area is 147 Å². The van der Waals surface area contributed by atoms with Crippen LogP contribution in [-0.4, -0.2) is 0 Å². The Kier molecular flexibility index (Phi) is 8.10. The van der Waals surface area contributed by atoms with Gasteiger partial charge in [-0.1, -0.05) is 57.1 Å². The molecule has 0 saturated heterocycles. The summed E-state index contributed by atoms with van der Waals surface area (Å²) in [7, 11) is 0. The van der Waals surface area contributed by atoms with Crippen molar-refractivity contribution in [3.63, 3.8) is 0 Å². The predicted molar refractivity (Wildman–Crippen MR) is 101 cm³/mol. The number of benzene rings is 1. The average Bonchev–Trinajstić information content (AvgIpc) is 2.60. The Morgan fingerprint density at radius 2 is 1.92 bits per heavy atom. The van der Waals surface area contributed by atoms with Crippen molar-refractivity contribution < 1.29 is 4.39 Å². The van der Waals surface area contributed by atoms with E-state index < -0.39 is 0 Å². The minimum Gasteiger partial charge on any atom is -0.206 e. The molecule has 0 unspecified atom stereocenters. The number of halogens is 1. The van der Waals surface area contributed by atoms with Crippen LogP contribution in [0.2, 0.25) is 0 Å². The first-order valence-corrected chi connectivity index (χ1v) is 9.69. The molecule has 0 aromatic heterocycles. The zero-order chi connectivity index (χ0) is 17.2. The van der Waals surface area contributed by atoms with E-state index in [-0.39, 0.29) is 5.82 Å². The molecular formula is C23H31F. The van der Waals surface area contributed by atoms with Gasteiger partial charge in [-0.25, -0.2) is 4.39 Å². The molecule has 1 aromatic rings. The largest absolute Gasteiger partial charge is 0.206 e. The van der Waals surface area contributed by atoms with Crippen LogP contribution >= 0.6 is 0 Å². The zero-order valence-corrected chi connectivity index (χ0v) is 15.3. The van der Waals surface area contributed by atoms with Crippen molar-refractivity contribution >= 4 is 0 Å². The van der Waals surface area contributed by atoms with E-state index in [1.807, 2.05) is 18.2 Å². The normalized spacial score (nSPS) is 20.8. The molecule has 0 amide bonds. The highest BCUT2D eigenvalue weighted by Crippen LogP contribution is 2.32. The van der Waals surface area contributed by atoms with E-state index in [0.29, 0.717) is 11.5 Å². The van der Waals surface area contributed by atoms with Crippen LogP contribution in [0.25, 0.3) is 0 Å². The maximum Gasteiger partial charge on any atom is 0.139 e. The second kappa shape index (κ2) is 10.3. The number of hydrogen-bond acceptors (Lipinski definition) is 0. The SMILES string of the molecule is CCCCc1ccc(C#CC=CC2CCC(CCC)CC2)c(F)c1. The van der Waals surface area contributed by atoms with Crippen molar-refractivity contribution in [1.82, 2.24) is 0 Å². The lowest BCUT2D eigenvalue weighted by Gasteiger charge is -2.26. The van der Waals surface area contributed by atoms with Gasteiger partial charge < -0.3 is 0 Å². The van der Waals surface area contributed by atoms with E-state index in [2.05, 4.69) is 31.8 Å². The summed E-state index contributed by atoms with van der Waals surface area (Å²) in [6, 6.07) is 5.46. The van der Waals surface area contributed by atoms with Crippen molar-refractivity contribution in [2.45, 2.75) is 71.6 Å². The van der Waals surface area contributed by atoms with Gasteiger partial charge in [-0.2, -0.15) is 0 Å². The molecule has 2 rings (SSSR count). The molecule has 0 radical (unpaired) electrons. The van der Waals surface area contributed by atoms with E-state index >= 15 is 0 Å². The summed E-state index contributed by atoms with van der Waals surface area (Å²) < 4.78 is 14.0. The highest BCUT2D eigenvalue weighted by Gasteiger charge is 2.18. The molecule has 1 heteroatoms. The molecule has 0 nitrogen and oxygen atoms in total. The summed E-state index contributed by atoms with van der Waals surface area (Å²) in [6.07, 6.45) is 15.3. The lowest BCUT2D eigenvalue weighted by Crippen LogP contribution is -2.12. The summed E-state index contributed by atoms with van der Waals surface area (Å²) in [5.74, 6) is 7.38. The molecular weight excluding hydrogens is 295 g/mol. The Morgan fingerprint density at radius 3 is 2.58 bits per heavy atom.